The third-order valence-electron chi connectivity index (χ3n) is 3.84. The first kappa shape index (κ1) is 12.6. The van der Waals surface area contributed by atoms with E-state index in [4.69, 9.17) is 5.73 Å². The predicted molar refractivity (Wildman–Crippen MR) is 70.1 cm³/mol. The summed E-state index contributed by atoms with van der Waals surface area (Å²) in [5, 5.41) is 4.50. The summed E-state index contributed by atoms with van der Waals surface area (Å²) in [5.41, 5.74) is 6.94. The van der Waals surface area contributed by atoms with Crippen LogP contribution in [0.5, 0.6) is 0 Å². The molecule has 0 bridgehead atoms. The van der Waals surface area contributed by atoms with Gasteiger partial charge in [-0.3, -0.25) is 9.58 Å². The lowest BCUT2D eigenvalue weighted by Crippen LogP contribution is -2.28. The molecule has 0 spiro atoms. The lowest BCUT2D eigenvalue weighted by molar-refractivity contribution is 0.262. The molecular formula is C13H24N4. The van der Waals surface area contributed by atoms with Crippen molar-refractivity contribution in [1.82, 2.24) is 14.7 Å². The molecule has 1 aliphatic rings. The van der Waals surface area contributed by atoms with Crippen molar-refractivity contribution < 1.29 is 0 Å². The fourth-order valence-electron chi connectivity index (χ4n) is 2.40. The Morgan fingerprint density at radius 1 is 1.47 bits per heavy atom. The number of nitrogens with two attached hydrogens (primary N) is 1. The molecular weight excluding hydrogens is 212 g/mol. The van der Waals surface area contributed by atoms with Crippen molar-refractivity contribution >= 4 is 0 Å². The summed E-state index contributed by atoms with van der Waals surface area (Å²) in [7, 11) is 0. The molecule has 96 valence electrons. The largest absolute Gasteiger partial charge is 0.330 e. The molecule has 0 amide bonds. The van der Waals surface area contributed by atoms with Gasteiger partial charge in [0, 0.05) is 25.3 Å². The van der Waals surface area contributed by atoms with Gasteiger partial charge in [0.15, 0.2) is 0 Å². The van der Waals surface area contributed by atoms with E-state index in [1.54, 1.807) is 0 Å². The molecule has 2 heterocycles. The Morgan fingerprint density at radius 2 is 2.24 bits per heavy atom. The van der Waals surface area contributed by atoms with Gasteiger partial charge >= 0.3 is 0 Å². The number of hydrogen-bond donors (Lipinski definition) is 1. The van der Waals surface area contributed by atoms with E-state index in [-0.39, 0.29) is 0 Å². The van der Waals surface area contributed by atoms with Crippen molar-refractivity contribution in [3.63, 3.8) is 0 Å². The minimum Gasteiger partial charge on any atom is -0.330 e. The van der Waals surface area contributed by atoms with E-state index < -0.39 is 0 Å². The van der Waals surface area contributed by atoms with Crippen molar-refractivity contribution in [2.24, 2.45) is 5.73 Å². The van der Waals surface area contributed by atoms with Gasteiger partial charge in [-0.1, -0.05) is 6.92 Å². The third kappa shape index (κ3) is 2.69. The fraction of sp³-hybridized carbons (Fsp3) is 0.769. The first-order valence-corrected chi connectivity index (χ1v) is 6.60. The molecule has 17 heavy (non-hydrogen) atoms. The SMILES string of the molecule is CC(CN)c1cnn(C2CCN(C(C)C)C2)c1. The molecule has 4 nitrogen and oxygen atoms in total. The Bertz CT molecular complexity index is 358. The molecule has 0 saturated carbocycles. The highest BCUT2D eigenvalue weighted by molar-refractivity contribution is 5.11. The monoisotopic (exact) mass is 236 g/mol. The van der Waals surface area contributed by atoms with Crippen molar-refractivity contribution in [3.8, 4) is 0 Å². The zero-order valence-corrected chi connectivity index (χ0v) is 11.1. The maximum Gasteiger partial charge on any atom is 0.0658 e. The second-order valence-corrected chi connectivity index (χ2v) is 5.42. The van der Waals surface area contributed by atoms with Crippen LogP contribution in [0.4, 0.5) is 0 Å². The van der Waals surface area contributed by atoms with E-state index in [0.29, 0.717) is 24.5 Å². The molecule has 1 aliphatic heterocycles. The Balaban J connectivity index is 2.02. The Kier molecular flexibility index (Phi) is 3.84. The van der Waals surface area contributed by atoms with Crippen LogP contribution in [-0.4, -0.2) is 40.4 Å². The van der Waals surface area contributed by atoms with E-state index in [9.17, 15) is 0 Å². The van der Waals surface area contributed by atoms with Crippen molar-refractivity contribution in [2.75, 3.05) is 19.6 Å². The predicted octanol–water partition coefficient (Wildman–Crippen LogP) is 1.60. The van der Waals surface area contributed by atoms with Gasteiger partial charge in [0.25, 0.3) is 0 Å². The first-order chi connectivity index (χ1) is 8.11. The summed E-state index contributed by atoms with van der Waals surface area (Å²) >= 11 is 0. The minimum atomic E-state index is 0.409. The van der Waals surface area contributed by atoms with Gasteiger partial charge in [0.05, 0.1) is 12.2 Å². The normalized spacial score (nSPS) is 23.5. The Hall–Kier alpha value is -0.870. The zero-order valence-electron chi connectivity index (χ0n) is 11.1. The third-order valence-corrected chi connectivity index (χ3v) is 3.84. The van der Waals surface area contributed by atoms with E-state index >= 15 is 0 Å². The second-order valence-electron chi connectivity index (χ2n) is 5.42. The Morgan fingerprint density at radius 3 is 2.82 bits per heavy atom. The molecule has 1 aromatic heterocycles. The smallest absolute Gasteiger partial charge is 0.0658 e. The van der Waals surface area contributed by atoms with Gasteiger partial charge in [0.2, 0.25) is 0 Å². The number of nitrogens with zero attached hydrogens (tertiary/aromatic N) is 3. The molecule has 2 N–H and O–H groups in total. The summed E-state index contributed by atoms with van der Waals surface area (Å²) in [6, 6.07) is 1.18. The lowest BCUT2D eigenvalue weighted by Gasteiger charge is -2.20. The highest BCUT2D eigenvalue weighted by atomic mass is 15.3. The fourth-order valence-corrected chi connectivity index (χ4v) is 2.40. The quantitative estimate of drug-likeness (QED) is 0.864. The number of rotatable bonds is 4. The maximum absolute atomic E-state index is 5.68. The summed E-state index contributed by atoms with van der Waals surface area (Å²) in [6.07, 6.45) is 5.35. The van der Waals surface area contributed by atoms with Crippen LogP contribution in [0.3, 0.4) is 0 Å². The van der Waals surface area contributed by atoms with Crippen LogP contribution in [0.15, 0.2) is 12.4 Å². The van der Waals surface area contributed by atoms with Crippen LogP contribution < -0.4 is 5.73 Å². The van der Waals surface area contributed by atoms with Crippen LogP contribution >= 0.6 is 0 Å². The van der Waals surface area contributed by atoms with Crippen LogP contribution in [0.25, 0.3) is 0 Å². The van der Waals surface area contributed by atoms with Gasteiger partial charge in [-0.15, -0.1) is 0 Å². The van der Waals surface area contributed by atoms with Gasteiger partial charge in [-0.25, -0.2) is 0 Å². The molecule has 2 unspecified atom stereocenters. The van der Waals surface area contributed by atoms with Gasteiger partial charge in [0.1, 0.15) is 0 Å². The zero-order chi connectivity index (χ0) is 12.4. The second kappa shape index (κ2) is 5.19. The molecule has 2 atom stereocenters. The first-order valence-electron chi connectivity index (χ1n) is 6.60. The molecule has 4 heteroatoms. The van der Waals surface area contributed by atoms with Crippen LogP contribution in [0.2, 0.25) is 0 Å². The van der Waals surface area contributed by atoms with Gasteiger partial charge < -0.3 is 5.73 Å². The number of aromatic nitrogens is 2. The molecule has 0 radical (unpaired) electrons. The number of likely N-dealkylation sites (tertiary alicyclic amines) is 1. The lowest BCUT2D eigenvalue weighted by atomic mass is 10.1. The van der Waals surface area contributed by atoms with E-state index in [0.717, 1.165) is 6.54 Å². The van der Waals surface area contributed by atoms with E-state index in [1.165, 1.54) is 18.5 Å². The van der Waals surface area contributed by atoms with Crippen molar-refractivity contribution in [1.29, 1.82) is 0 Å². The minimum absolute atomic E-state index is 0.409. The average molecular weight is 236 g/mol. The molecule has 1 aromatic rings. The molecule has 0 aliphatic carbocycles. The Labute approximate surface area is 104 Å². The highest BCUT2D eigenvalue weighted by Crippen LogP contribution is 2.24. The molecule has 1 saturated heterocycles. The molecule has 0 aromatic carbocycles. The van der Waals surface area contributed by atoms with E-state index in [1.807, 2.05) is 6.20 Å². The van der Waals surface area contributed by atoms with E-state index in [2.05, 4.69) is 41.6 Å². The topological polar surface area (TPSA) is 47.1 Å². The van der Waals surface area contributed by atoms with Crippen molar-refractivity contribution in [2.45, 2.75) is 45.2 Å². The standard InChI is InChI=1S/C13H24N4/c1-10(2)16-5-4-13(9-16)17-8-12(7-15-17)11(3)6-14/h7-8,10-11,13H,4-6,9,14H2,1-3H3. The summed E-state index contributed by atoms with van der Waals surface area (Å²) in [5.74, 6) is 0.409. The molecule has 2 rings (SSSR count). The van der Waals surface area contributed by atoms with Crippen LogP contribution in [0.1, 0.15) is 44.7 Å². The summed E-state index contributed by atoms with van der Waals surface area (Å²) in [6.45, 7) is 9.66. The van der Waals surface area contributed by atoms with Gasteiger partial charge in [-0.05, 0) is 38.3 Å². The summed E-state index contributed by atoms with van der Waals surface area (Å²) in [4.78, 5) is 2.51. The summed E-state index contributed by atoms with van der Waals surface area (Å²) < 4.78 is 2.13. The average Bonchev–Trinajstić information content (AvgIpc) is 2.95. The van der Waals surface area contributed by atoms with Crippen LogP contribution in [0, 0.1) is 0 Å². The highest BCUT2D eigenvalue weighted by Gasteiger charge is 2.26. The van der Waals surface area contributed by atoms with Gasteiger partial charge in [-0.2, -0.15) is 5.10 Å². The maximum atomic E-state index is 5.68. The molecule has 1 fully saturated rings. The van der Waals surface area contributed by atoms with Crippen molar-refractivity contribution in [3.05, 3.63) is 18.0 Å². The van der Waals surface area contributed by atoms with Crippen LogP contribution in [-0.2, 0) is 0 Å². The number of hydrogen-bond acceptors (Lipinski definition) is 3.